The monoisotopic (exact) mass is 365 g/mol. The molecule has 3 aromatic heterocycles. The number of ether oxygens (including phenoxy) is 1. The quantitative estimate of drug-likeness (QED) is 0.726. The minimum Gasteiger partial charge on any atom is -0.379 e. The van der Waals surface area contributed by atoms with Gasteiger partial charge >= 0.3 is 0 Å². The molecule has 1 atom stereocenters. The highest BCUT2D eigenvalue weighted by atomic mass is 16.5. The molecule has 3 N–H and O–H groups in total. The van der Waals surface area contributed by atoms with Crippen LogP contribution in [0.15, 0.2) is 30.7 Å². The lowest BCUT2D eigenvalue weighted by Crippen LogP contribution is -2.44. The molecule has 2 fully saturated rings. The number of morpholine rings is 1. The molecule has 27 heavy (non-hydrogen) atoms. The van der Waals surface area contributed by atoms with Gasteiger partial charge in [0.25, 0.3) is 0 Å². The fraction of sp³-hybridized carbons (Fsp3) is 0.421. The van der Waals surface area contributed by atoms with E-state index in [4.69, 9.17) is 10.5 Å². The van der Waals surface area contributed by atoms with Crippen molar-refractivity contribution in [2.45, 2.75) is 12.5 Å². The summed E-state index contributed by atoms with van der Waals surface area (Å²) in [6.07, 6.45) is 6.69. The second kappa shape index (κ2) is 6.79. The Morgan fingerprint density at radius 3 is 2.81 bits per heavy atom. The van der Waals surface area contributed by atoms with Crippen molar-refractivity contribution in [2.24, 2.45) is 0 Å². The van der Waals surface area contributed by atoms with Gasteiger partial charge in [0, 0.05) is 56.4 Å². The fourth-order valence-electron chi connectivity index (χ4n) is 4.23. The van der Waals surface area contributed by atoms with E-state index >= 15 is 0 Å². The van der Waals surface area contributed by atoms with Crippen LogP contribution in [0.1, 0.15) is 6.42 Å². The topological polar surface area (TPSA) is 96.2 Å². The van der Waals surface area contributed by atoms with Gasteiger partial charge in [-0.25, -0.2) is 15.0 Å². The molecule has 3 aromatic rings. The summed E-state index contributed by atoms with van der Waals surface area (Å²) in [5.74, 6) is 0.279. The van der Waals surface area contributed by atoms with Gasteiger partial charge < -0.3 is 20.4 Å². The molecule has 0 aliphatic carbocycles. The number of fused-ring (bicyclic) bond motifs is 1. The average molecular weight is 365 g/mol. The van der Waals surface area contributed by atoms with Crippen molar-refractivity contribution < 1.29 is 4.74 Å². The van der Waals surface area contributed by atoms with Crippen LogP contribution in [0.2, 0.25) is 0 Å². The standard InChI is InChI=1S/C19H23N7O/c20-19-22-4-1-15(24-19)14-11-23-18-17(14)16(2-5-21-18)26-6-3-13(12-26)25-7-9-27-10-8-25/h1-2,4-5,11,13H,3,6-10,12H2,(H,21,23)(H2,20,22,24). The van der Waals surface area contributed by atoms with E-state index in [1.807, 2.05) is 18.5 Å². The normalized spacial score (nSPS) is 21.2. The lowest BCUT2D eigenvalue weighted by molar-refractivity contribution is 0.0209. The van der Waals surface area contributed by atoms with E-state index < -0.39 is 0 Å². The number of pyridine rings is 1. The molecule has 2 aliphatic rings. The summed E-state index contributed by atoms with van der Waals surface area (Å²) in [5.41, 5.74) is 9.69. The Labute approximate surface area is 157 Å². The zero-order valence-corrected chi connectivity index (χ0v) is 15.1. The van der Waals surface area contributed by atoms with Crippen LogP contribution in [0.5, 0.6) is 0 Å². The lowest BCUT2D eigenvalue weighted by Gasteiger charge is -2.32. The van der Waals surface area contributed by atoms with Gasteiger partial charge in [-0.05, 0) is 18.6 Å². The molecule has 0 saturated carbocycles. The van der Waals surface area contributed by atoms with Crippen LogP contribution in [-0.4, -0.2) is 70.3 Å². The summed E-state index contributed by atoms with van der Waals surface area (Å²) in [5, 5.41) is 1.10. The maximum Gasteiger partial charge on any atom is 0.220 e. The number of nitrogens with zero attached hydrogens (tertiary/aromatic N) is 5. The number of nitrogen functional groups attached to an aromatic ring is 1. The third-order valence-corrected chi connectivity index (χ3v) is 5.57. The molecule has 0 amide bonds. The Kier molecular flexibility index (Phi) is 4.14. The predicted molar refractivity (Wildman–Crippen MR) is 105 cm³/mol. The summed E-state index contributed by atoms with van der Waals surface area (Å²) in [4.78, 5) is 21.2. The van der Waals surface area contributed by atoms with E-state index in [2.05, 4.69) is 35.8 Å². The smallest absolute Gasteiger partial charge is 0.220 e. The molecular weight excluding hydrogens is 342 g/mol. The highest BCUT2D eigenvalue weighted by Gasteiger charge is 2.30. The maximum atomic E-state index is 5.80. The number of hydrogen-bond donors (Lipinski definition) is 2. The zero-order chi connectivity index (χ0) is 18.2. The van der Waals surface area contributed by atoms with Crippen LogP contribution in [0, 0.1) is 0 Å². The Hall–Kier alpha value is -2.71. The number of aromatic amines is 1. The van der Waals surface area contributed by atoms with E-state index in [1.54, 1.807) is 6.20 Å². The van der Waals surface area contributed by atoms with E-state index in [1.165, 1.54) is 12.1 Å². The van der Waals surface area contributed by atoms with E-state index in [0.717, 1.165) is 61.7 Å². The van der Waals surface area contributed by atoms with E-state index in [0.29, 0.717) is 6.04 Å². The summed E-state index contributed by atoms with van der Waals surface area (Å²) in [6, 6.07) is 4.57. The third-order valence-electron chi connectivity index (χ3n) is 5.57. The van der Waals surface area contributed by atoms with Gasteiger partial charge in [-0.15, -0.1) is 0 Å². The van der Waals surface area contributed by atoms with Gasteiger partial charge in [-0.1, -0.05) is 0 Å². The number of rotatable bonds is 3. The van der Waals surface area contributed by atoms with Gasteiger partial charge in [0.05, 0.1) is 30.0 Å². The number of H-pyrrole nitrogens is 1. The highest BCUT2D eigenvalue weighted by Crippen LogP contribution is 2.36. The van der Waals surface area contributed by atoms with Gasteiger partial charge in [0.2, 0.25) is 5.95 Å². The van der Waals surface area contributed by atoms with Crippen molar-refractivity contribution in [1.29, 1.82) is 0 Å². The Morgan fingerprint density at radius 1 is 1.11 bits per heavy atom. The van der Waals surface area contributed by atoms with Crippen LogP contribution < -0.4 is 10.6 Å². The molecule has 8 heteroatoms. The molecule has 140 valence electrons. The number of anilines is 2. The Morgan fingerprint density at radius 2 is 1.96 bits per heavy atom. The summed E-state index contributed by atoms with van der Waals surface area (Å²) >= 11 is 0. The molecule has 2 aliphatic heterocycles. The number of aromatic nitrogens is 4. The first kappa shape index (κ1) is 16.5. The second-order valence-corrected chi connectivity index (χ2v) is 7.09. The van der Waals surface area contributed by atoms with E-state index in [-0.39, 0.29) is 5.95 Å². The first-order valence-electron chi connectivity index (χ1n) is 9.41. The van der Waals surface area contributed by atoms with Crippen LogP contribution in [0.3, 0.4) is 0 Å². The summed E-state index contributed by atoms with van der Waals surface area (Å²) < 4.78 is 5.50. The molecular formula is C19H23N7O. The largest absolute Gasteiger partial charge is 0.379 e. The second-order valence-electron chi connectivity index (χ2n) is 7.09. The molecule has 5 heterocycles. The van der Waals surface area contributed by atoms with Gasteiger partial charge in [0.1, 0.15) is 5.65 Å². The van der Waals surface area contributed by atoms with Crippen molar-refractivity contribution in [1.82, 2.24) is 24.8 Å². The molecule has 0 aromatic carbocycles. The SMILES string of the molecule is Nc1nccc(-c2c[nH]c3nccc(N4CCC(N5CCOCC5)C4)c23)n1. The number of nitrogens with two attached hydrogens (primary N) is 1. The molecule has 0 radical (unpaired) electrons. The van der Waals surface area contributed by atoms with Crippen molar-refractivity contribution >= 4 is 22.7 Å². The maximum absolute atomic E-state index is 5.80. The van der Waals surface area contributed by atoms with Crippen molar-refractivity contribution in [3.8, 4) is 11.3 Å². The van der Waals surface area contributed by atoms with Crippen LogP contribution >= 0.6 is 0 Å². The number of nitrogens with one attached hydrogen (secondary N) is 1. The van der Waals surface area contributed by atoms with Crippen molar-refractivity contribution in [2.75, 3.05) is 50.0 Å². The van der Waals surface area contributed by atoms with Crippen LogP contribution in [0.4, 0.5) is 11.6 Å². The molecule has 0 spiro atoms. The molecule has 2 saturated heterocycles. The zero-order valence-electron chi connectivity index (χ0n) is 15.1. The van der Waals surface area contributed by atoms with E-state index in [9.17, 15) is 0 Å². The predicted octanol–water partition coefficient (Wildman–Crippen LogP) is 1.51. The van der Waals surface area contributed by atoms with Crippen LogP contribution in [0.25, 0.3) is 22.3 Å². The molecule has 1 unspecified atom stereocenters. The molecule has 5 rings (SSSR count). The van der Waals surface area contributed by atoms with Gasteiger partial charge in [0.15, 0.2) is 0 Å². The Balaban J connectivity index is 1.49. The van der Waals surface area contributed by atoms with Gasteiger partial charge in [-0.2, -0.15) is 0 Å². The van der Waals surface area contributed by atoms with Crippen LogP contribution in [-0.2, 0) is 4.74 Å². The molecule has 0 bridgehead atoms. The number of hydrogen-bond acceptors (Lipinski definition) is 7. The third kappa shape index (κ3) is 3.00. The lowest BCUT2D eigenvalue weighted by atomic mass is 10.1. The highest BCUT2D eigenvalue weighted by molar-refractivity contribution is 6.02. The minimum absolute atomic E-state index is 0.279. The average Bonchev–Trinajstić information content (AvgIpc) is 3.36. The molecule has 8 nitrogen and oxygen atoms in total. The summed E-state index contributed by atoms with van der Waals surface area (Å²) in [6.45, 7) is 5.80. The van der Waals surface area contributed by atoms with Gasteiger partial charge in [-0.3, -0.25) is 4.90 Å². The summed E-state index contributed by atoms with van der Waals surface area (Å²) in [7, 11) is 0. The van der Waals surface area contributed by atoms with Crippen molar-refractivity contribution in [3.05, 3.63) is 30.7 Å². The van der Waals surface area contributed by atoms with Crippen molar-refractivity contribution in [3.63, 3.8) is 0 Å². The first-order valence-corrected chi connectivity index (χ1v) is 9.41. The Bertz CT molecular complexity index is 950. The first-order chi connectivity index (χ1) is 13.3. The minimum atomic E-state index is 0.279. The fourth-order valence-corrected chi connectivity index (χ4v) is 4.23.